The number of amides is 1. The van der Waals surface area contributed by atoms with Crippen LogP contribution in [0.5, 0.6) is 0 Å². The molecule has 0 aliphatic rings. The molecular weight excluding hydrogens is 310 g/mol. The zero-order valence-electron chi connectivity index (χ0n) is 9.42. The molecule has 1 aromatic heterocycles. The molecule has 2 N–H and O–H groups in total. The molecule has 0 unspecified atom stereocenters. The number of carboxylic acid groups (broad SMARTS) is 1. The highest BCUT2D eigenvalue weighted by atomic mass is 35.5. The van der Waals surface area contributed by atoms with Gasteiger partial charge in [0.15, 0.2) is 0 Å². The minimum absolute atomic E-state index is 0.0383. The van der Waals surface area contributed by atoms with Gasteiger partial charge in [-0.05, 0) is 12.1 Å². The van der Waals surface area contributed by atoms with Crippen molar-refractivity contribution in [1.29, 1.82) is 0 Å². The zero-order chi connectivity index (χ0) is 13.8. The number of thioether (sulfide) groups is 1. The van der Waals surface area contributed by atoms with E-state index >= 15 is 0 Å². The van der Waals surface area contributed by atoms with Gasteiger partial charge in [0.05, 0.1) is 33.9 Å². The molecule has 0 saturated carbocycles. The van der Waals surface area contributed by atoms with Crippen molar-refractivity contribution in [2.24, 2.45) is 0 Å². The predicted octanol–water partition coefficient (Wildman–Crippen LogP) is 2.10. The summed E-state index contributed by atoms with van der Waals surface area (Å²) in [7, 11) is 0. The molecule has 0 radical (unpaired) electrons. The zero-order valence-corrected chi connectivity index (χ0v) is 11.8. The van der Waals surface area contributed by atoms with Crippen LogP contribution in [-0.4, -0.2) is 37.2 Å². The largest absolute Gasteiger partial charge is 0.481 e. The lowest BCUT2D eigenvalue weighted by atomic mass is 10.2. The average molecular weight is 318 g/mol. The van der Waals surface area contributed by atoms with Gasteiger partial charge < -0.3 is 10.4 Å². The number of rotatable bonds is 5. The number of hydrogen-bond acceptors (Lipinski definition) is 6. The van der Waals surface area contributed by atoms with Crippen LogP contribution in [-0.2, 0) is 9.59 Å². The quantitative estimate of drug-likeness (QED) is 0.877. The van der Waals surface area contributed by atoms with Crippen molar-refractivity contribution >= 4 is 63.7 Å². The van der Waals surface area contributed by atoms with Gasteiger partial charge in [-0.25, -0.2) is 0 Å². The fourth-order valence-corrected chi connectivity index (χ4v) is 2.63. The summed E-state index contributed by atoms with van der Waals surface area (Å²) in [6, 6.07) is 3.35. The van der Waals surface area contributed by atoms with Crippen molar-refractivity contribution in [2.45, 2.75) is 0 Å². The molecule has 0 spiro atoms. The number of nitrogens with one attached hydrogen (secondary N) is 1. The molecule has 0 aliphatic carbocycles. The lowest BCUT2D eigenvalue weighted by Crippen LogP contribution is -2.16. The minimum Gasteiger partial charge on any atom is -0.481 e. The Morgan fingerprint density at radius 2 is 2.16 bits per heavy atom. The number of fused-ring (bicyclic) bond motifs is 1. The van der Waals surface area contributed by atoms with Gasteiger partial charge in [0, 0.05) is 0 Å². The SMILES string of the molecule is O=C(O)CSCC(=O)Nc1c(Cl)ccc2nsnc12. The fraction of sp³-hybridized carbons (Fsp3) is 0.200. The highest BCUT2D eigenvalue weighted by Gasteiger charge is 2.13. The van der Waals surface area contributed by atoms with E-state index in [0.29, 0.717) is 21.7 Å². The van der Waals surface area contributed by atoms with Gasteiger partial charge in [0.2, 0.25) is 5.91 Å². The van der Waals surface area contributed by atoms with Gasteiger partial charge in [0.1, 0.15) is 11.0 Å². The van der Waals surface area contributed by atoms with Crippen LogP contribution < -0.4 is 5.32 Å². The third-order valence-corrected chi connectivity index (χ3v) is 3.88. The number of carboxylic acids is 1. The van der Waals surface area contributed by atoms with Crippen LogP contribution in [0.15, 0.2) is 12.1 Å². The predicted molar refractivity (Wildman–Crippen MR) is 76.0 cm³/mol. The van der Waals surface area contributed by atoms with Crippen molar-refractivity contribution in [3.8, 4) is 0 Å². The first-order chi connectivity index (χ1) is 9.08. The van der Waals surface area contributed by atoms with E-state index < -0.39 is 5.97 Å². The van der Waals surface area contributed by atoms with E-state index in [9.17, 15) is 9.59 Å². The number of halogens is 1. The number of nitrogens with zero attached hydrogens (tertiary/aromatic N) is 2. The summed E-state index contributed by atoms with van der Waals surface area (Å²) in [5.41, 5.74) is 1.60. The second-order valence-corrected chi connectivity index (χ2v) is 5.41. The standard InChI is InChI=1S/C10H8ClN3O3S2/c11-5-1-2-6-10(14-19-13-6)9(5)12-7(15)3-18-4-8(16)17/h1-2H,3-4H2,(H,12,15)(H,16,17). The van der Waals surface area contributed by atoms with E-state index in [0.717, 1.165) is 23.5 Å². The molecule has 2 rings (SSSR count). The van der Waals surface area contributed by atoms with Crippen LogP contribution >= 0.6 is 35.1 Å². The van der Waals surface area contributed by atoms with Gasteiger partial charge in [0.25, 0.3) is 0 Å². The Labute approximate surface area is 121 Å². The van der Waals surface area contributed by atoms with Gasteiger partial charge >= 0.3 is 5.97 Å². The smallest absolute Gasteiger partial charge is 0.313 e. The maximum absolute atomic E-state index is 11.7. The molecule has 100 valence electrons. The van der Waals surface area contributed by atoms with Crippen LogP contribution in [0.4, 0.5) is 5.69 Å². The summed E-state index contributed by atoms with van der Waals surface area (Å²) in [4.78, 5) is 22.0. The Bertz CT molecular complexity index is 632. The summed E-state index contributed by atoms with van der Waals surface area (Å²) >= 11 is 8.06. The van der Waals surface area contributed by atoms with Gasteiger partial charge in [-0.2, -0.15) is 8.75 Å². The Morgan fingerprint density at radius 3 is 2.89 bits per heavy atom. The average Bonchev–Trinajstić information content (AvgIpc) is 2.81. The summed E-state index contributed by atoms with van der Waals surface area (Å²) < 4.78 is 8.12. The lowest BCUT2D eigenvalue weighted by Gasteiger charge is -2.06. The normalized spacial score (nSPS) is 10.6. The van der Waals surface area contributed by atoms with Gasteiger partial charge in [-0.3, -0.25) is 9.59 Å². The summed E-state index contributed by atoms with van der Waals surface area (Å²) in [6.07, 6.45) is 0. The van der Waals surface area contributed by atoms with Crippen LogP contribution in [0.1, 0.15) is 0 Å². The summed E-state index contributed by atoms with van der Waals surface area (Å²) in [5, 5.41) is 11.5. The third-order valence-electron chi connectivity index (χ3n) is 2.10. The first-order valence-electron chi connectivity index (χ1n) is 5.08. The van der Waals surface area contributed by atoms with Crippen molar-refractivity contribution in [1.82, 2.24) is 8.75 Å². The van der Waals surface area contributed by atoms with Gasteiger partial charge in [-0.1, -0.05) is 11.6 Å². The number of benzene rings is 1. The number of carbonyl (C=O) groups excluding carboxylic acids is 1. The molecule has 0 bridgehead atoms. The highest BCUT2D eigenvalue weighted by Crippen LogP contribution is 2.29. The summed E-state index contributed by atoms with van der Waals surface area (Å²) in [5.74, 6) is -1.37. The number of hydrogen-bond donors (Lipinski definition) is 2. The molecule has 9 heteroatoms. The molecule has 1 heterocycles. The first kappa shape index (κ1) is 14.0. The molecule has 1 aromatic carbocycles. The Balaban J connectivity index is 2.08. The fourth-order valence-electron chi connectivity index (χ4n) is 1.35. The molecule has 6 nitrogen and oxygen atoms in total. The second kappa shape index (κ2) is 6.18. The molecule has 0 saturated heterocycles. The number of aliphatic carboxylic acids is 1. The van der Waals surface area contributed by atoms with Crippen LogP contribution in [0.2, 0.25) is 5.02 Å². The van der Waals surface area contributed by atoms with E-state index in [2.05, 4.69) is 14.1 Å². The van der Waals surface area contributed by atoms with Gasteiger partial charge in [-0.15, -0.1) is 11.8 Å². The molecular formula is C10H8ClN3O3S2. The maximum Gasteiger partial charge on any atom is 0.313 e. The van der Waals surface area contributed by atoms with Crippen molar-refractivity contribution in [2.75, 3.05) is 16.8 Å². The molecule has 0 atom stereocenters. The maximum atomic E-state index is 11.7. The lowest BCUT2D eigenvalue weighted by molar-refractivity contribution is -0.133. The Hall–Kier alpha value is -1.38. The van der Waals surface area contributed by atoms with Crippen molar-refractivity contribution in [3.63, 3.8) is 0 Å². The van der Waals surface area contributed by atoms with Crippen molar-refractivity contribution in [3.05, 3.63) is 17.2 Å². The van der Waals surface area contributed by atoms with Crippen LogP contribution in [0.3, 0.4) is 0 Å². The van der Waals surface area contributed by atoms with E-state index in [1.54, 1.807) is 12.1 Å². The highest BCUT2D eigenvalue weighted by molar-refractivity contribution is 8.00. The third kappa shape index (κ3) is 3.55. The molecule has 0 aliphatic heterocycles. The summed E-state index contributed by atoms with van der Waals surface area (Å²) in [6.45, 7) is 0. The number of aromatic nitrogens is 2. The van der Waals surface area contributed by atoms with Crippen LogP contribution in [0.25, 0.3) is 11.0 Å². The van der Waals surface area contributed by atoms with E-state index in [1.165, 1.54) is 0 Å². The first-order valence-corrected chi connectivity index (χ1v) is 7.34. The molecule has 19 heavy (non-hydrogen) atoms. The molecule has 1 amide bonds. The van der Waals surface area contributed by atoms with Crippen LogP contribution in [0, 0.1) is 0 Å². The Morgan fingerprint density at radius 1 is 1.37 bits per heavy atom. The van der Waals surface area contributed by atoms with Crippen molar-refractivity contribution < 1.29 is 14.7 Å². The monoisotopic (exact) mass is 317 g/mol. The topological polar surface area (TPSA) is 92.2 Å². The number of carbonyl (C=O) groups is 2. The molecule has 0 fully saturated rings. The Kier molecular flexibility index (Phi) is 4.56. The minimum atomic E-state index is -0.957. The number of anilines is 1. The van der Waals surface area contributed by atoms with E-state index in [-0.39, 0.29) is 17.4 Å². The van der Waals surface area contributed by atoms with E-state index in [1.807, 2.05) is 0 Å². The van der Waals surface area contributed by atoms with E-state index in [4.69, 9.17) is 16.7 Å². The molecule has 2 aromatic rings. The second-order valence-electron chi connectivity index (χ2n) is 3.49.